The lowest BCUT2D eigenvalue weighted by Gasteiger charge is -2.08. The molecule has 0 radical (unpaired) electrons. The van der Waals surface area contributed by atoms with E-state index >= 15 is 0 Å². The lowest BCUT2D eigenvalue weighted by atomic mass is 10.0. The molecule has 184 valence electrons. The van der Waals surface area contributed by atoms with Crippen molar-refractivity contribution < 1.29 is 28.6 Å². The van der Waals surface area contributed by atoms with Crippen molar-refractivity contribution >= 4 is 17.7 Å². The molecule has 0 saturated carbocycles. The third-order valence-corrected chi connectivity index (χ3v) is 5.35. The smallest absolute Gasteiger partial charge is 0.338 e. The number of hydrogen-bond donors (Lipinski definition) is 0. The van der Waals surface area contributed by atoms with Crippen molar-refractivity contribution in [3.63, 3.8) is 0 Å². The molecular weight excluding hydrogens is 456 g/mol. The van der Waals surface area contributed by atoms with Crippen LogP contribution in [0.3, 0.4) is 0 Å². The first-order valence-corrected chi connectivity index (χ1v) is 11.4. The van der Waals surface area contributed by atoms with Gasteiger partial charge in [0.1, 0.15) is 12.4 Å². The van der Waals surface area contributed by atoms with Gasteiger partial charge in [-0.05, 0) is 59.0 Å². The molecule has 0 aliphatic heterocycles. The van der Waals surface area contributed by atoms with Crippen LogP contribution in [-0.2, 0) is 32.1 Å². The van der Waals surface area contributed by atoms with Gasteiger partial charge in [0.15, 0.2) is 12.4 Å². The molecule has 0 aromatic heterocycles. The summed E-state index contributed by atoms with van der Waals surface area (Å²) in [5, 5.41) is 0. The van der Waals surface area contributed by atoms with Crippen molar-refractivity contribution in [2.75, 3.05) is 13.2 Å². The molecule has 0 fully saturated rings. The van der Waals surface area contributed by atoms with Crippen LogP contribution in [0.5, 0.6) is 5.75 Å². The minimum absolute atomic E-state index is 0.0381. The van der Waals surface area contributed by atoms with Crippen molar-refractivity contribution in [1.29, 1.82) is 0 Å². The Balaban J connectivity index is 1.46. The average molecular weight is 485 g/mol. The van der Waals surface area contributed by atoms with E-state index in [1.165, 1.54) is 0 Å². The van der Waals surface area contributed by atoms with E-state index in [1.54, 1.807) is 31.2 Å². The van der Waals surface area contributed by atoms with Gasteiger partial charge >= 0.3 is 11.9 Å². The first kappa shape index (κ1) is 26.2. The summed E-state index contributed by atoms with van der Waals surface area (Å²) in [5.74, 6) is -0.395. The minimum atomic E-state index is -0.460. The van der Waals surface area contributed by atoms with Gasteiger partial charge in [-0.1, -0.05) is 61.7 Å². The Kier molecular flexibility index (Phi) is 9.34. The Bertz CT molecular complexity index is 1220. The predicted molar refractivity (Wildman–Crippen MR) is 138 cm³/mol. The third-order valence-electron chi connectivity index (χ3n) is 5.35. The highest BCUT2D eigenvalue weighted by Gasteiger charge is 2.09. The fraction of sp³-hybridized carbons (Fsp3) is 0.167. The second kappa shape index (κ2) is 12.9. The fourth-order valence-electron chi connectivity index (χ4n) is 3.17. The van der Waals surface area contributed by atoms with Gasteiger partial charge in [0.25, 0.3) is 0 Å². The van der Waals surface area contributed by atoms with Crippen LogP contribution in [0.25, 0.3) is 11.1 Å². The summed E-state index contributed by atoms with van der Waals surface area (Å²) in [6.45, 7) is 9.01. The highest BCUT2D eigenvalue weighted by molar-refractivity contribution is 5.95. The molecule has 0 N–H and O–H groups in total. The summed E-state index contributed by atoms with van der Waals surface area (Å²) in [6, 6.07) is 22.1. The summed E-state index contributed by atoms with van der Waals surface area (Å²) in [6.07, 6.45) is 1.69. The van der Waals surface area contributed by atoms with Gasteiger partial charge in [0, 0.05) is 12.5 Å². The first-order chi connectivity index (χ1) is 17.4. The van der Waals surface area contributed by atoms with Crippen molar-refractivity contribution in [2.45, 2.75) is 20.0 Å². The molecule has 0 heterocycles. The SMILES string of the molecule is C=CC(=O)OCc1ccc(-c2ccc(C(=O)OCCc3ccc(OCC(=O)C(=C)C)cc3)cc2)cc1. The molecule has 0 bridgehead atoms. The fourth-order valence-corrected chi connectivity index (χ4v) is 3.17. The topological polar surface area (TPSA) is 78.9 Å². The van der Waals surface area contributed by atoms with Crippen molar-refractivity contribution in [3.8, 4) is 16.9 Å². The summed E-state index contributed by atoms with van der Waals surface area (Å²) >= 11 is 0. The van der Waals surface area contributed by atoms with Crippen LogP contribution < -0.4 is 4.74 Å². The highest BCUT2D eigenvalue weighted by atomic mass is 16.5. The van der Waals surface area contributed by atoms with Crippen molar-refractivity contribution in [2.24, 2.45) is 0 Å². The van der Waals surface area contributed by atoms with Gasteiger partial charge in [0.2, 0.25) is 0 Å². The maximum Gasteiger partial charge on any atom is 0.338 e. The molecular formula is C30H28O6. The second-order valence-electron chi connectivity index (χ2n) is 8.11. The molecule has 0 atom stereocenters. The monoisotopic (exact) mass is 484 g/mol. The number of ketones is 1. The van der Waals surface area contributed by atoms with Gasteiger partial charge in [-0.2, -0.15) is 0 Å². The van der Waals surface area contributed by atoms with E-state index < -0.39 is 5.97 Å². The molecule has 0 saturated heterocycles. The lowest BCUT2D eigenvalue weighted by molar-refractivity contribution is -0.139. The number of benzene rings is 3. The normalized spacial score (nSPS) is 10.2. The van der Waals surface area contributed by atoms with Gasteiger partial charge in [0.05, 0.1) is 12.2 Å². The van der Waals surface area contributed by atoms with Crippen LogP contribution in [0, 0.1) is 0 Å². The molecule has 0 aliphatic rings. The van der Waals surface area contributed by atoms with Crippen molar-refractivity contribution in [3.05, 3.63) is 114 Å². The summed E-state index contributed by atoms with van der Waals surface area (Å²) in [7, 11) is 0. The lowest BCUT2D eigenvalue weighted by Crippen LogP contribution is -2.11. The molecule has 3 aromatic rings. The van der Waals surface area contributed by atoms with Crippen LogP contribution in [0.1, 0.15) is 28.4 Å². The first-order valence-electron chi connectivity index (χ1n) is 11.4. The number of Topliss-reactive ketones (excluding diaryl/α,β-unsaturated/α-hetero) is 1. The number of hydrogen-bond acceptors (Lipinski definition) is 6. The van der Waals surface area contributed by atoms with E-state index in [4.69, 9.17) is 14.2 Å². The molecule has 0 aliphatic carbocycles. The zero-order valence-electron chi connectivity index (χ0n) is 20.2. The van der Waals surface area contributed by atoms with E-state index in [0.717, 1.165) is 28.3 Å². The highest BCUT2D eigenvalue weighted by Crippen LogP contribution is 2.21. The second-order valence-corrected chi connectivity index (χ2v) is 8.11. The molecule has 0 spiro atoms. The van der Waals surface area contributed by atoms with E-state index in [1.807, 2.05) is 48.5 Å². The average Bonchev–Trinajstić information content (AvgIpc) is 2.91. The summed E-state index contributed by atoms with van der Waals surface area (Å²) in [4.78, 5) is 35.2. The number of ether oxygens (including phenoxy) is 3. The van der Waals surface area contributed by atoms with Crippen LogP contribution in [-0.4, -0.2) is 30.9 Å². The molecule has 6 heteroatoms. The molecule has 6 nitrogen and oxygen atoms in total. The molecule has 36 heavy (non-hydrogen) atoms. The summed E-state index contributed by atoms with van der Waals surface area (Å²) in [5.41, 5.74) is 4.72. The van der Waals surface area contributed by atoms with Gasteiger partial charge in [-0.15, -0.1) is 0 Å². The quantitative estimate of drug-likeness (QED) is 0.249. The maximum atomic E-state index is 12.4. The van der Waals surface area contributed by atoms with Crippen LogP contribution >= 0.6 is 0 Å². The third kappa shape index (κ3) is 7.81. The Morgan fingerprint density at radius 2 is 1.39 bits per heavy atom. The standard InChI is InChI=1S/C30H28O6/c1-4-29(32)36-19-23-5-9-24(10-6-23)25-11-13-26(14-12-25)30(33)34-18-17-22-7-15-27(16-8-22)35-20-28(31)21(2)3/h4-16H,1-2,17-20H2,3H3. The Morgan fingerprint density at radius 1 is 0.806 bits per heavy atom. The van der Waals surface area contributed by atoms with Crippen LogP contribution in [0.2, 0.25) is 0 Å². The van der Waals surface area contributed by atoms with E-state index in [2.05, 4.69) is 13.2 Å². The number of carbonyl (C=O) groups excluding carboxylic acids is 3. The van der Waals surface area contributed by atoms with Crippen LogP contribution in [0.15, 0.2) is 97.6 Å². The number of esters is 2. The molecule has 3 aromatic carbocycles. The Morgan fingerprint density at radius 3 is 1.97 bits per heavy atom. The maximum absolute atomic E-state index is 12.4. The number of rotatable bonds is 12. The van der Waals surface area contributed by atoms with E-state index in [-0.39, 0.29) is 31.6 Å². The van der Waals surface area contributed by atoms with Gasteiger partial charge in [-0.25, -0.2) is 9.59 Å². The van der Waals surface area contributed by atoms with E-state index in [9.17, 15) is 14.4 Å². The van der Waals surface area contributed by atoms with Crippen LogP contribution in [0.4, 0.5) is 0 Å². The van der Waals surface area contributed by atoms with Gasteiger partial charge in [-0.3, -0.25) is 4.79 Å². The minimum Gasteiger partial charge on any atom is -0.485 e. The Labute approximate surface area is 210 Å². The predicted octanol–water partition coefficient (Wildman–Crippen LogP) is 5.51. The summed E-state index contributed by atoms with van der Waals surface area (Å²) < 4.78 is 15.9. The molecule has 0 unspecified atom stereocenters. The van der Waals surface area contributed by atoms with Gasteiger partial charge < -0.3 is 14.2 Å². The molecule has 3 rings (SSSR count). The Hall–Kier alpha value is -4.45. The zero-order chi connectivity index (χ0) is 25.9. The van der Waals surface area contributed by atoms with Crippen molar-refractivity contribution in [1.82, 2.24) is 0 Å². The number of carbonyl (C=O) groups is 3. The van der Waals surface area contributed by atoms with E-state index in [0.29, 0.717) is 23.3 Å². The zero-order valence-corrected chi connectivity index (χ0v) is 20.2. The largest absolute Gasteiger partial charge is 0.485 e. The molecule has 0 amide bonds.